The summed E-state index contributed by atoms with van der Waals surface area (Å²) in [6.07, 6.45) is 6.00. The van der Waals surface area contributed by atoms with E-state index in [0.717, 1.165) is 0 Å². The van der Waals surface area contributed by atoms with Gasteiger partial charge in [0.2, 0.25) is 0 Å². The number of fused-ring (bicyclic) bond motifs is 1. The molecule has 0 bridgehead atoms. The number of nitrogens with one attached hydrogen (secondary N) is 1. The number of rotatable bonds is 0. The molecule has 0 saturated carbocycles. The molecule has 1 N–H and O–H groups in total. The molecule has 0 fully saturated rings. The summed E-state index contributed by atoms with van der Waals surface area (Å²) in [5.74, 6) is 0. The number of allylic oxidation sites excluding steroid dienone is 1. The van der Waals surface area contributed by atoms with Crippen molar-refractivity contribution in [1.82, 2.24) is 5.32 Å². The van der Waals surface area contributed by atoms with Gasteiger partial charge >= 0.3 is 0 Å². The maximum absolute atomic E-state index is 4.39. The average molecular weight is 177 g/mol. The van der Waals surface area contributed by atoms with Gasteiger partial charge in [-0.2, -0.15) is 0 Å². The molecule has 0 aliphatic carbocycles. The van der Waals surface area contributed by atoms with Crippen molar-refractivity contribution in [2.75, 3.05) is 0 Å². The number of nitrogens with zero attached hydrogens (tertiary/aromatic N) is 2. The molecule has 0 aromatic carbocycles. The lowest BCUT2D eigenvalue weighted by Crippen LogP contribution is -2.33. The normalized spacial score (nSPS) is 31.2. The van der Waals surface area contributed by atoms with Gasteiger partial charge in [-0.25, -0.2) is 4.99 Å². The largest absolute Gasteiger partial charge is 0.366 e. The molecule has 2 aliphatic rings. The highest BCUT2D eigenvalue weighted by Gasteiger charge is 2.27. The highest BCUT2D eigenvalue weighted by atomic mass is 15.2. The van der Waals surface area contributed by atoms with Gasteiger partial charge in [0.15, 0.2) is 6.17 Å². The molecule has 2 atom stereocenters. The van der Waals surface area contributed by atoms with Crippen molar-refractivity contribution in [2.45, 2.75) is 33.0 Å². The first-order chi connectivity index (χ1) is 6.07. The summed E-state index contributed by atoms with van der Waals surface area (Å²) in [5, 5.41) is 3.18. The first-order valence-electron chi connectivity index (χ1n) is 4.60. The molecule has 13 heavy (non-hydrogen) atoms. The lowest BCUT2D eigenvalue weighted by atomic mass is 9.85. The van der Waals surface area contributed by atoms with E-state index in [4.69, 9.17) is 0 Å². The maximum Gasteiger partial charge on any atom is 0.164 e. The van der Waals surface area contributed by atoms with Crippen molar-refractivity contribution in [1.29, 1.82) is 0 Å². The molecule has 0 aromatic heterocycles. The van der Waals surface area contributed by atoms with Crippen LogP contribution in [0.5, 0.6) is 0 Å². The zero-order valence-electron chi connectivity index (χ0n) is 8.28. The Balaban J connectivity index is 2.22. The van der Waals surface area contributed by atoms with Crippen LogP contribution in [0.25, 0.3) is 0 Å². The number of hydrogen-bond acceptors (Lipinski definition) is 3. The van der Waals surface area contributed by atoms with Gasteiger partial charge in [-0.05, 0) is 11.0 Å². The monoisotopic (exact) mass is 177 g/mol. The van der Waals surface area contributed by atoms with Crippen molar-refractivity contribution in [3.63, 3.8) is 0 Å². The Hall–Kier alpha value is -1.12. The Morgan fingerprint density at radius 1 is 1.31 bits per heavy atom. The SMILES string of the molecule is CC(C)(C)C1=CC2NC=NC2N=C1. The van der Waals surface area contributed by atoms with E-state index in [9.17, 15) is 0 Å². The Morgan fingerprint density at radius 2 is 2.08 bits per heavy atom. The van der Waals surface area contributed by atoms with Gasteiger partial charge in [0.1, 0.15) is 0 Å². The second kappa shape index (κ2) is 2.69. The molecule has 2 aliphatic heterocycles. The lowest BCUT2D eigenvalue weighted by molar-refractivity contribution is 0.508. The van der Waals surface area contributed by atoms with E-state index in [2.05, 4.69) is 42.1 Å². The molecule has 0 radical (unpaired) electrons. The molecule has 70 valence electrons. The Bertz CT molecular complexity index is 294. The summed E-state index contributed by atoms with van der Waals surface area (Å²) < 4.78 is 0. The predicted molar refractivity (Wildman–Crippen MR) is 55.2 cm³/mol. The topological polar surface area (TPSA) is 36.8 Å². The van der Waals surface area contributed by atoms with Crippen LogP contribution < -0.4 is 5.32 Å². The standard InChI is InChI=1S/C10H15N3/c1-10(2,3)7-4-8-9(11-5-7)13-6-12-8/h4-6,8-9H,1-3H3,(H,12,13). The molecule has 2 unspecified atom stereocenters. The first-order valence-corrected chi connectivity index (χ1v) is 4.60. The van der Waals surface area contributed by atoms with Crippen LogP contribution in [0.4, 0.5) is 0 Å². The van der Waals surface area contributed by atoms with Crippen LogP contribution in [-0.2, 0) is 0 Å². The van der Waals surface area contributed by atoms with Crippen molar-refractivity contribution in [2.24, 2.45) is 15.4 Å². The van der Waals surface area contributed by atoms with Gasteiger partial charge in [-0.1, -0.05) is 26.8 Å². The zero-order chi connectivity index (χ0) is 9.47. The summed E-state index contributed by atoms with van der Waals surface area (Å²) in [5.41, 5.74) is 1.46. The smallest absolute Gasteiger partial charge is 0.164 e. The van der Waals surface area contributed by atoms with Gasteiger partial charge in [0.05, 0.1) is 12.4 Å². The molecule has 2 rings (SSSR count). The van der Waals surface area contributed by atoms with Crippen LogP contribution in [0.1, 0.15) is 20.8 Å². The minimum atomic E-state index is 0.0751. The van der Waals surface area contributed by atoms with Crippen molar-refractivity contribution >= 4 is 12.6 Å². The third-order valence-corrected chi connectivity index (χ3v) is 2.41. The van der Waals surface area contributed by atoms with Crippen LogP contribution >= 0.6 is 0 Å². The van der Waals surface area contributed by atoms with Crippen LogP contribution in [0.2, 0.25) is 0 Å². The lowest BCUT2D eigenvalue weighted by Gasteiger charge is -2.25. The fourth-order valence-corrected chi connectivity index (χ4v) is 1.49. The van der Waals surface area contributed by atoms with Gasteiger partial charge < -0.3 is 5.32 Å². The highest BCUT2D eigenvalue weighted by molar-refractivity contribution is 5.82. The van der Waals surface area contributed by atoms with Crippen LogP contribution in [-0.4, -0.2) is 24.8 Å². The van der Waals surface area contributed by atoms with Crippen LogP contribution in [0.3, 0.4) is 0 Å². The average Bonchev–Trinajstić information content (AvgIpc) is 2.47. The summed E-state index contributed by atoms with van der Waals surface area (Å²) in [6.45, 7) is 6.59. The van der Waals surface area contributed by atoms with Crippen molar-refractivity contribution in [3.8, 4) is 0 Å². The van der Waals surface area contributed by atoms with E-state index in [0.29, 0.717) is 0 Å². The van der Waals surface area contributed by atoms with Gasteiger partial charge in [-0.15, -0.1) is 0 Å². The first kappa shape index (κ1) is 8.48. The zero-order valence-corrected chi connectivity index (χ0v) is 8.28. The summed E-state index contributed by atoms with van der Waals surface area (Å²) in [6, 6.07) is 0.277. The third-order valence-electron chi connectivity index (χ3n) is 2.41. The Kier molecular flexibility index (Phi) is 1.75. The fraction of sp³-hybridized carbons (Fsp3) is 0.600. The summed E-state index contributed by atoms with van der Waals surface area (Å²) in [7, 11) is 0. The van der Waals surface area contributed by atoms with Gasteiger partial charge in [0, 0.05) is 6.21 Å². The minimum Gasteiger partial charge on any atom is -0.366 e. The van der Waals surface area contributed by atoms with Crippen LogP contribution in [0, 0.1) is 5.41 Å². The van der Waals surface area contributed by atoms with E-state index in [1.165, 1.54) is 5.57 Å². The molecular weight excluding hydrogens is 162 g/mol. The Labute approximate surface area is 78.7 Å². The van der Waals surface area contributed by atoms with E-state index in [-0.39, 0.29) is 17.6 Å². The number of hydrogen-bond donors (Lipinski definition) is 1. The van der Waals surface area contributed by atoms with Gasteiger partial charge in [-0.3, -0.25) is 4.99 Å². The molecule has 0 aromatic rings. The van der Waals surface area contributed by atoms with E-state index in [1.807, 2.05) is 6.21 Å². The highest BCUT2D eigenvalue weighted by Crippen LogP contribution is 2.27. The summed E-state index contributed by atoms with van der Waals surface area (Å²) in [4.78, 5) is 8.58. The van der Waals surface area contributed by atoms with E-state index in [1.54, 1.807) is 6.34 Å². The van der Waals surface area contributed by atoms with Crippen molar-refractivity contribution in [3.05, 3.63) is 11.6 Å². The molecule has 2 heterocycles. The Morgan fingerprint density at radius 3 is 2.77 bits per heavy atom. The molecule has 0 amide bonds. The molecule has 3 nitrogen and oxygen atoms in total. The fourth-order valence-electron chi connectivity index (χ4n) is 1.49. The molecule has 3 heteroatoms. The maximum atomic E-state index is 4.39. The number of aliphatic imine (C=N–C) groups is 2. The quantitative estimate of drug-likeness (QED) is 0.596. The summed E-state index contributed by atoms with van der Waals surface area (Å²) >= 11 is 0. The predicted octanol–water partition coefficient (Wildman–Crippen LogP) is 1.37. The van der Waals surface area contributed by atoms with Gasteiger partial charge in [0.25, 0.3) is 0 Å². The molecular formula is C10H15N3. The number of dihydropyridines is 1. The van der Waals surface area contributed by atoms with Crippen LogP contribution in [0.15, 0.2) is 21.6 Å². The molecule has 0 spiro atoms. The van der Waals surface area contributed by atoms with Crippen molar-refractivity contribution < 1.29 is 0 Å². The minimum absolute atomic E-state index is 0.0751. The second-order valence-electron chi connectivity index (χ2n) is 4.53. The molecule has 0 saturated heterocycles. The second-order valence-corrected chi connectivity index (χ2v) is 4.53. The third kappa shape index (κ3) is 1.50. The van der Waals surface area contributed by atoms with E-state index >= 15 is 0 Å². The van der Waals surface area contributed by atoms with E-state index < -0.39 is 0 Å².